The summed E-state index contributed by atoms with van der Waals surface area (Å²) in [6, 6.07) is 16.7. The summed E-state index contributed by atoms with van der Waals surface area (Å²) in [5, 5.41) is 3.33. The molecule has 4 rings (SSSR count). The molecule has 1 N–H and O–H groups in total. The molecule has 1 fully saturated rings. The average Bonchev–Trinajstić information content (AvgIpc) is 2.81. The maximum Gasteiger partial charge on any atom is 0.416 e. The number of rotatable bonds is 6. The highest BCUT2D eigenvalue weighted by Gasteiger charge is 2.35. The Balaban J connectivity index is 1.60. The first-order valence-corrected chi connectivity index (χ1v) is 10.8. The van der Waals surface area contributed by atoms with Crippen LogP contribution in [0, 0.1) is 11.6 Å². The van der Waals surface area contributed by atoms with E-state index in [9.17, 15) is 22.0 Å². The summed E-state index contributed by atoms with van der Waals surface area (Å²) >= 11 is 0. The zero-order valence-corrected chi connectivity index (χ0v) is 17.9. The van der Waals surface area contributed by atoms with Crippen molar-refractivity contribution in [3.05, 3.63) is 95.1 Å². The molecule has 0 aliphatic carbocycles. The fourth-order valence-electron chi connectivity index (χ4n) is 4.40. The van der Waals surface area contributed by atoms with Crippen molar-refractivity contribution in [1.29, 1.82) is 0 Å². The number of piperidine rings is 1. The Hall–Kier alpha value is -2.77. The predicted molar refractivity (Wildman–Crippen MR) is 117 cm³/mol. The van der Waals surface area contributed by atoms with Gasteiger partial charge in [-0.05, 0) is 66.9 Å². The maximum atomic E-state index is 14.3. The summed E-state index contributed by atoms with van der Waals surface area (Å²) in [7, 11) is 0. The van der Waals surface area contributed by atoms with Crippen LogP contribution in [-0.4, -0.2) is 19.7 Å². The lowest BCUT2D eigenvalue weighted by atomic mass is 9.74. The van der Waals surface area contributed by atoms with Crippen LogP contribution in [0.25, 0.3) is 11.1 Å². The van der Waals surface area contributed by atoms with Crippen molar-refractivity contribution in [3.8, 4) is 11.1 Å². The molecule has 0 aromatic heterocycles. The zero-order valence-electron chi connectivity index (χ0n) is 17.9. The van der Waals surface area contributed by atoms with E-state index in [4.69, 9.17) is 4.74 Å². The minimum absolute atomic E-state index is 0.0416. The van der Waals surface area contributed by atoms with E-state index in [-0.39, 0.29) is 28.7 Å². The first-order valence-electron chi connectivity index (χ1n) is 10.8. The molecule has 0 amide bonds. The Morgan fingerprint density at radius 3 is 2.30 bits per heavy atom. The third kappa shape index (κ3) is 5.25. The van der Waals surface area contributed by atoms with Crippen molar-refractivity contribution in [2.24, 2.45) is 0 Å². The monoisotopic (exact) mass is 461 g/mol. The van der Waals surface area contributed by atoms with Gasteiger partial charge in [-0.1, -0.05) is 42.5 Å². The van der Waals surface area contributed by atoms with Gasteiger partial charge in [0.1, 0.15) is 0 Å². The van der Waals surface area contributed by atoms with Gasteiger partial charge in [0, 0.05) is 11.0 Å². The van der Waals surface area contributed by atoms with Gasteiger partial charge >= 0.3 is 6.18 Å². The highest BCUT2D eigenvalue weighted by molar-refractivity contribution is 5.66. The fourth-order valence-corrected chi connectivity index (χ4v) is 4.40. The van der Waals surface area contributed by atoms with E-state index >= 15 is 0 Å². The molecular weight excluding hydrogens is 437 g/mol. The Bertz CT molecular complexity index is 1090. The normalized spacial score (nSPS) is 16.0. The Labute approximate surface area is 189 Å². The van der Waals surface area contributed by atoms with E-state index in [0.717, 1.165) is 49.7 Å². The maximum absolute atomic E-state index is 14.3. The van der Waals surface area contributed by atoms with E-state index < -0.39 is 23.4 Å². The number of halogens is 5. The van der Waals surface area contributed by atoms with Gasteiger partial charge in [-0.2, -0.15) is 13.2 Å². The second kappa shape index (κ2) is 9.61. The highest BCUT2D eigenvalue weighted by atomic mass is 19.4. The molecule has 0 bridgehead atoms. The Morgan fingerprint density at radius 1 is 0.879 bits per heavy atom. The molecule has 1 aliphatic rings. The molecule has 1 saturated heterocycles. The highest BCUT2D eigenvalue weighted by Crippen LogP contribution is 2.36. The lowest BCUT2D eigenvalue weighted by molar-refractivity contribution is -0.137. The number of hydrogen-bond donors (Lipinski definition) is 1. The van der Waals surface area contributed by atoms with Crippen LogP contribution in [0.1, 0.15) is 29.5 Å². The first kappa shape index (κ1) is 23.4. The molecule has 0 radical (unpaired) electrons. The minimum atomic E-state index is -4.63. The van der Waals surface area contributed by atoms with Crippen LogP contribution < -0.4 is 5.32 Å². The summed E-state index contributed by atoms with van der Waals surface area (Å²) in [6.07, 6.45) is -2.94. The number of hydrogen-bond acceptors (Lipinski definition) is 2. The molecule has 3 aromatic rings. The topological polar surface area (TPSA) is 21.3 Å². The van der Waals surface area contributed by atoms with Gasteiger partial charge in [0.2, 0.25) is 0 Å². The molecule has 174 valence electrons. The van der Waals surface area contributed by atoms with E-state index in [1.165, 1.54) is 18.2 Å². The van der Waals surface area contributed by atoms with Crippen molar-refractivity contribution in [2.75, 3.05) is 19.7 Å². The van der Waals surface area contributed by atoms with Gasteiger partial charge in [-0.25, -0.2) is 8.78 Å². The van der Waals surface area contributed by atoms with Crippen molar-refractivity contribution < 1.29 is 26.7 Å². The van der Waals surface area contributed by atoms with Crippen LogP contribution in [0.2, 0.25) is 0 Å². The third-order valence-corrected chi connectivity index (χ3v) is 6.18. The molecule has 0 saturated carbocycles. The van der Waals surface area contributed by atoms with Crippen LogP contribution >= 0.6 is 0 Å². The van der Waals surface area contributed by atoms with Crippen LogP contribution in [0.15, 0.2) is 66.7 Å². The van der Waals surface area contributed by atoms with Gasteiger partial charge in [-0.3, -0.25) is 0 Å². The zero-order chi connectivity index (χ0) is 23.5. The fraction of sp³-hybridized carbons (Fsp3) is 0.308. The number of nitrogens with one attached hydrogen (secondary N) is 1. The second-order valence-corrected chi connectivity index (χ2v) is 8.41. The average molecular weight is 461 g/mol. The SMILES string of the molecule is Fc1cccc(-c2cc(COCC3(c4ccccc4)CCNCC3)cc(C(F)(F)F)c2)c1F. The summed E-state index contributed by atoms with van der Waals surface area (Å²) in [4.78, 5) is 0. The van der Waals surface area contributed by atoms with E-state index in [0.29, 0.717) is 6.61 Å². The summed E-state index contributed by atoms with van der Waals surface area (Å²) in [5.74, 6) is -2.29. The summed E-state index contributed by atoms with van der Waals surface area (Å²) in [5.41, 5.74) is -0.0341. The van der Waals surface area contributed by atoms with Crippen LogP contribution in [0.3, 0.4) is 0 Å². The smallest absolute Gasteiger partial charge is 0.376 e. The van der Waals surface area contributed by atoms with Crippen molar-refractivity contribution >= 4 is 0 Å². The first-order chi connectivity index (χ1) is 15.8. The molecular formula is C26H24F5NO. The number of alkyl halides is 3. The molecule has 7 heteroatoms. The molecule has 2 nitrogen and oxygen atoms in total. The van der Waals surface area contributed by atoms with Crippen LogP contribution in [-0.2, 0) is 22.9 Å². The van der Waals surface area contributed by atoms with Gasteiger partial charge in [0.25, 0.3) is 0 Å². The van der Waals surface area contributed by atoms with Gasteiger partial charge in [-0.15, -0.1) is 0 Å². The van der Waals surface area contributed by atoms with Gasteiger partial charge in [0.15, 0.2) is 11.6 Å². The van der Waals surface area contributed by atoms with Crippen molar-refractivity contribution in [3.63, 3.8) is 0 Å². The van der Waals surface area contributed by atoms with Crippen molar-refractivity contribution in [2.45, 2.75) is 31.0 Å². The molecule has 33 heavy (non-hydrogen) atoms. The number of ether oxygens (including phenoxy) is 1. The minimum Gasteiger partial charge on any atom is -0.376 e. The predicted octanol–water partition coefficient (Wildman–Crippen LogP) is 6.49. The molecule has 0 unspecified atom stereocenters. The van der Waals surface area contributed by atoms with Gasteiger partial charge in [0.05, 0.1) is 18.8 Å². The summed E-state index contributed by atoms with van der Waals surface area (Å²) in [6.45, 7) is 1.92. The standard InChI is InChI=1S/C26H24F5NO/c27-23-8-4-7-22(24(23)28)19-13-18(14-21(15-19)26(29,30)31)16-33-17-25(9-11-32-12-10-25)20-5-2-1-3-6-20/h1-8,13-15,32H,9-12,16-17H2. The molecule has 0 spiro atoms. The Kier molecular flexibility index (Phi) is 6.81. The second-order valence-electron chi connectivity index (χ2n) is 8.41. The van der Waals surface area contributed by atoms with Crippen LogP contribution in [0.5, 0.6) is 0 Å². The van der Waals surface area contributed by atoms with E-state index in [2.05, 4.69) is 5.32 Å². The van der Waals surface area contributed by atoms with E-state index in [1.807, 2.05) is 30.3 Å². The Morgan fingerprint density at radius 2 is 1.61 bits per heavy atom. The molecule has 0 atom stereocenters. The van der Waals surface area contributed by atoms with Gasteiger partial charge < -0.3 is 10.1 Å². The molecule has 1 aliphatic heterocycles. The third-order valence-electron chi connectivity index (χ3n) is 6.18. The number of benzene rings is 3. The lowest BCUT2D eigenvalue weighted by Gasteiger charge is -2.38. The lowest BCUT2D eigenvalue weighted by Crippen LogP contribution is -2.43. The molecule has 3 aromatic carbocycles. The van der Waals surface area contributed by atoms with Crippen LogP contribution in [0.4, 0.5) is 22.0 Å². The summed E-state index contributed by atoms with van der Waals surface area (Å²) < 4.78 is 74.5. The van der Waals surface area contributed by atoms with E-state index in [1.54, 1.807) is 0 Å². The molecule has 1 heterocycles. The quantitative estimate of drug-likeness (QED) is 0.424. The largest absolute Gasteiger partial charge is 0.416 e. The van der Waals surface area contributed by atoms with Crippen molar-refractivity contribution in [1.82, 2.24) is 5.32 Å².